The zero-order chi connectivity index (χ0) is 6.99. The van der Waals surface area contributed by atoms with Crippen LogP contribution < -0.4 is 29.6 Å². The standard InChI is InChI=1S/C3H6O2.CH4.Na.HO2S/c1-2-3(4)5;;;1-3-2/h2H2,1H3,(H,4,5);1H4;;(H,1,2)/q;;+1;-1. The number of carboxylic acids is 1. The topological polar surface area (TPSA) is 74.6 Å². The number of carbonyl (C=O) groups is 1. The summed E-state index contributed by atoms with van der Waals surface area (Å²) in [6.07, 6.45) is 0.222. The molecule has 0 spiro atoms. The first-order valence-corrected chi connectivity index (χ1v) is 2.54. The molecule has 4 nitrogen and oxygen atoms in total. The Morgan fingerprint density at radius 1 is 1.60 bits per heavy atom. The third-order valence-corrected chi connectivity index (χ3v) is 0.302. The minimum atomic E-state index is -0.745. The number of hydrogen-bond donors (Lipinski definition) is 2. The zero-order valence-corrected chi connectivity index (χ0v) is 8.14. The second-order valence-electron chi connectivity index (χ2n) is 0.822. The fourth-order valence-electron chi connectivity index (χ4n) is 0. The predicted molar refractivity (Wildman–Crippen MR) is 35.3 cm³/mol. The van der Waals surface area contributed by atoms with E-state index in [-0.39, 0.29) is 43.4 Å². The van der Waals surface area contributed by atoms with Crippen molar-refractivity contribution in [3.8, 4) is 0 Å². The van der Waals surface area contributed by atoms with E-state index in [2.05, 4.69) is 0 Å². The van der Waals surface area contributed by atoms with Crippen LogP contribution in [0.1, 0.15) is 20.8 Å². The number of hydrogen-bond acceptors (Lipinski definition) is 3. The first-order valence-electron chi connectivity index (χ1n) is 1.84. The van der Waals surface area contributed by atoms with Crippen molar-refractivity contribution in [1.29, 1.82) is 0 Å². The van der Waals surface area contributed by atoms with Crippen molar-refractivity contribution >= 4 is 17.9 Å². The van der Waals surface area contributed by atoms with Crippen molar-refractivity contribution in [2.45, 2.75) is 20.8 Å². The summed E-state index contributed by atoms with van der Waals surface area (Å²) in [5.74, 6) is -0.745. The maximum Gasteiger partial charge on any atom is 1.00 e. The predicted octanol–water partition coefficient (Wildman–Crippen LogP) is -1.99. The Kier molecular flexibility index (Phi) is 50.8. The molecule has 0 aliphatic heterocycles. The van der Waals surface area contributed by atoms with Crippen LogP contribution in [0.4, 0.5) is 0 Å². The van der Waals surface area contributed by atoms with Crippen LogP contribution in [0.25, 0.3) is 0 Å². The number of rotatable bonds is 1. The van der Waals surface area contributed by atoms with Gasteiger partial charge in [-0.2, -0.15) is 0 Å². The van der Waals surface area contributed by atoms with Gasteiger partial charge in [0.05, 0.1) is 0 Å². The second-order valence-corrected chi connectivity index (χ2v) is 0.971. The van der Waals surface area contributed by atoms with Gasteiger partial charge in [0.1, 0.15) is 0 Å². The Bertz CT molecular complexity index is 77.7. The van der Waals surface area contributed by atoms with Crippen LogP contribution in [0.3, 0.4) is 0 Å². The van der Waals surface area contributed by atoms with Crippen molar-refractivity contribution in [3.05, 3.63) is 0 Å². The summed E-state index contributed by atoms with van der Waals surface area (Å²) in [6, 6.07) is 0. The summed E-state index contributed by atoms with van der Waals surface area (Å²) in [6.45, 7) is 1.60. The second kappa shape index (κ2) is 22.7. The van der Waals surface area contributed by atoms with E-state index in [1.165, 1.54) is 0 Å². The molecular weight excluding hydrogens is 167 g/mol. The fraction of sp³-hybridized carbons (Fsp3) is 0.750. The van der Waals surface area contributed by atoms with Gasteiger partial charge in [-0.3, -0.25) is 4.79 Å². The van der Waals surface area contributed by atoms with Crippen molar-refractivity contribution in [1.82, 2.24) is 0 Å². The average molecular weight is 178 g/mol. The van der Waals surface area contributed by atoms with Gasteiger partial charge in [0.25, 0.3) is 0 Å². The molecule has 2 N–H and O–H groups in total. The Morgan fingerprint density at radius 3 is 1.70 bits per heavy atom. The van der Waals surface area contributed by atoms with Crippen LogP contribution in [-0.2, 0) is 21.0 Å². The van der Waals surface area contributed by atoms with Gasteiger partial charge in [-0.15, -0.1) is 0 Å². The maximum atomic E-state index is 9.37. The Hall–Kier alpha value is 0.580. The zero-order valence-electron chi connectivity index (χ0n) is 5.33. The van der Waals surface area contributed by atoms with E-state index in [0.29, 0.717) is 0 Å². The van der Waals surface area contributed by atoms with Crippen LogP contribution in [0.5, 0.6) is 0 Å². The van der Waals surface area contributed by atoms with Crippen molar-refractivity contribution in [2.24, 2.45) is 0 Å². The molecule has 0 heterocycles. The molecule has 0 bridgehead atoms. The summed E-state index contributed by atoms with van der Waals surface area (Å²) >= 11 is -0.500. The molecule has 0 aromatic carbocycles. The van der Waals surface area contributed by atoms with Crippen LogP contribution in [0, 0.1) is 0 Å². The molecule has 0 saturated carbocycles. The normalized spacial score (nSPS) is 5.40. The van der Waals surface area contributed by atoms with Gasteiger partial charge in [-0.25, -0.2) is 11.9 Å². The first kappa shape index (κ1) is 22.4. The molecule has 0 aromatic heterocycles. The molecule has 0 atom stereocenters. The quantitative estimate of drug-likeness (QED) is 0.277. The Morgan fingerprint density at radius 2 is 1.70 bits per heavy atom. The summed E-state index contributed by atoms with van der Waals surface area (Å²) in [4.78, 5) is 9.37. The summed E-state index contributed by atoms with van der Waals surface area (Å²) < 4.78 is 15.3. The van der Waals surface area contributed by atoms with E-state index in [9.17, 15) is 4.79 Å². The van der Waals surface area contributed by atoms with Gasteiger partial charge in [0, 0.05) is 6.42 Å². The molecular formula is C4H11NaO4S. The van der Waals surface area contributed by atoms with Crippen LogP contribution in [0.2, 0.25) is 0 Å². The average Bonchev–Trinajstić information content (AvgIpc) is 1.69. The van der Waals surface area contributed by atoms with E-state index < -0.39 is 17.9 Å². The van der Waals surface area contributed by atoms with E-state index >= 15 is 0 Å². The molecule has 58 valence electrons. The molecule has 6 heteroatoms. The Labute approximate surface area is 86.6 Å². The van der Waals surface area contributed by atoms with Gasteiger partial charge < -0.3 is 13.9 Å². The van der Waals surface area contributed by atoms with Crippen LogP contribution in [0.15, 0.2) is 0 Å². The van der Waals surface area contributed by atoms with Gasteiger partial charge in [-0.1, -0.05) is 14.4 Å². The number of carboxylic acid groups (broad SMARTS) is 1. The molecule has 0 saturated heterocycles. The third-order valence-electron chi connectivity index (χ3n) is 0.302. The van der Waals surface area contributed by atoms with Crippen LogP contribution in [-0.4, -0.2) is 15.6 Å². The number of aliphatic carboxylic acids is 1. The summed E-state index contributed by atoms with van der Waals surface area (Å²) in [5, 5.41) is 7.72. The molecule has 0 unspecified atom stereocenters. The maximum absolute atomic E-state index is 9.37. The van der Waals surface area contributed by atoms with Gasteiger partial charge in [0.15, 0.2) is 0 Å². The van der Waals surface area contributed by atoms with Crippen molar-refractivity contribution in [3.63, 3.8) is 0 Å². The molecule has 0 amide bonds. The molecule has 10 heavy (non-hydrogen) atoms. The summed E-state index contributed by atoms with van der Waals surface area (Å²) in [7, 11) is 0. The third kappa shape index (κ3) is 74.1. The smallest absolute Gasteiger partial charge is 0.487 e. The van der Waals surface area contributed by atoms with Crippen molar-refractivity contribution < 1.29 is 48.2 Å². The van der Waals surface area contributed by atoms with Crippen molar-refractivity contribution in [2.75, 3.05) is 0 Å². The SMILES string of the molecule is C.CCC(=O)O.O=[S-]O.[Na+]. The van der Waals surface area contributed by atoms with Crippen LogP contribution >= 0.6 is 0 Å². The largest absolute Gasteiger partial charge is 1.00 e. The van der Waals surface area contributed by atoms with Gasteiger partial charge >= 0.3 is 35.5 Å². The molecule has 0 aliphatic carbocycles. The molecule has 0 radical (unpaired) electrons. The minimum absolute atomic E-state index is 0. The fourth-order valence-corrected chi connectivity index (χ4v) is 0. The minimum Gasteiger partial charge on any atom is -0.487 e. The van der Waals surface area contributed by atoms with E-state index in [4.69, 9.17) is 13.9 Å². The molecule has 0 aromatic rings. The summed E-state index contributed by atoms with van der Waals surface area (Å²) in [5.41, 5.74) is 0. The van der Waals surface area contributed by atoms with E-state index in [0.717, 1.165) is 0 Å². The van der Waals surface area contributed by atoms with E-state index in [1.54, 1.807) is 6.92 Å². The molecule has 0 aliphatic rings. The molecule has 0 fully saturated rings. The monoisotopic (exact) mass is 178 g/mol. The van der Waals surface area contributed by atoms with Gasteiger partial charge in [0.2, 0.25) is 0 Å². The van der Waals surface area contributed by atoms with E-state index in [1.807, 2.05) is 0 Å². The first-order chi connectivity index (χ1) is 3.68. The van der Waals surface area contributed by atoms with Gasteiger partial charge in [-0.05, 0) is 0 Å². The Balaban J connectivity index is -0.0000000326. The molecule has 0 rings (SSSR count).